The van der Waals surface area contributed by atoms with Crippen LogP contribution in [0.4, 0.5) is 0 Å². The second-order valence-corrected chi connectivity index (χ2v) is 11.2. The highest BCUT2D eigenvalue weighted by Gasteiger charge is 2.47. The van der Waals surface area contributed by atoms with E-state index in [1.54, 1.807) is 0 Å². The number of hydrogen-bond donors (Lipinski definition) is 2. The molecular formula is C30H52O3. The number of ether oxygens (including phenoxy) is 1. The molecule has 0 saturated carbocycles. The first-order chi connectivity index (χ1) is 15.4. The van der Waals surface area contributed by atoms with Crippen molar-refractivity contribution in [3.8, 4) is 0 Å². The molecule has 190 valence electrons. The van der Waals surface area contributed by atoms with Crippen molar-refractivity contribution in [2.75, 3.05) is 0 Å². The Morgan fingerprint density at radius 3 is 2.00 bits per heavy atom. The molecule has 0 aromatic heterocycles. The molecule has 1 fully saturated rings. The minimum Gasteiger partial charge on any atom is -0.390 e. The van der Waals surface area contributed by atoms with Gasteiger partial charge in [0.15, 0.2) is 0 Å². The zero-order valence-electron chi connectivity index (χ0n) is 22.8. The maximum atomic E-state index is 10.9. The smallest absolute Gasteiger partial charge is 0.0918 e. The molecule has 1 aliphatic heterocycles. The number of aliphatic hydroxyl groups is 2. The molecule has 0 bridgehead atoms. The molecule has 1 heterocycles. The fraction of sp³-hybridized carbons (Fsp3) is 0.733. The molecule has 4 atom stereocenters. The highest BCUT2D eigenvalue weighted by molar-refractivity contribution is 5.06. The monoisotopic (exact) mass is 460 g/mol. The van der Waals surface area contributed by atoms with Crippen LogP contribution in [0.5, 0.6) is 0 Å². The van der Waals surface area contributed by atoms with Gasteiger partial charge in [-0.1, -0.05) is 46.6 Å². The van der Waals surface area contributed by atoms with E-state index in [0.29, 0.717) is 12.8 Å². The van der Waals surface area contributed by atoms with E-state index < -0.39 is 17.3 Å². The molecule has 0 amide bonds. The van der Waals surface area contributed by atoms with Crippen LogP contribution in [0.3, 0.4) is 0 Å². The molecule has 0 radical (unpaired) electrons. The maximum absolute atomic E-state index is 10.9. The summed E-state index contributed by atoms with van der Waals surface area (Å²) in [6.45, 7) is 16.7. The standard InChI is InChI=1S/C30H52O3/c1-23(2)13-9-15-25(5)16-10-17-26(6)18-11-19-27(31)30(8)22-20-28(33-30)29(7,32)21-12-14-24(3)4/h13-14,16,18,27-28,31-32H,9-12,15,17,19-22H2,1-8H3/b25-16+,26-18+/t27-,28+,29+,30-/m0/s1. The van der Waals surface area contributed by atoms with Crippen LogP contribution in [-0.2, 0) is 4.74 Å². The molecule has 0 aromatic carbocycles. The van der Waals surface area contributed by atoms with Gasteiger partial charge in [0.1, 0.15) is 0 Å². The average Bonchev–Trinajstić information content (AvgIpc) is 3.11. The summed E-state index contributed by atoms with van der Waals surface area (Å²) in [5, 5.41) is 21.8. The number of allylic oxidation sites excluding steroid dienone is 8. The van der Waals surface area contributed by atoms with Gasteiger partial charge in [-0.2, -0.15) is 0 Å². The van der Waals surface area contributed by atoms with Crippen LogP contribution in [0.2, 0.25) is 0 Å². The fourth-order valence-electron chi connectivity index (χ4n) is 4.49. The Bertz CT molecular complexity index is 702. The molecule has 2 N–H and O–H groups in total. The summed E-state index contributed by atoms with van der Waals surface area (Å²) in [7, 11) is 0. The third kappa shape index (κ3) is 11.7. The van der Waals surface area contributed by atoms with Gasteiger partial charge in [0.25, 0.3) is 0 Å². The largest absolute Gasteiger partial charge is 0.390 e. The van der Waals surface area contributed by atoms with Crippen LogP contribution in [0, 0.1) is 0 Å². The highest BCUT2D eigenvalue weighted by Crippen LogP contribution is 2.40. The topological polar surface area (TPSA) is 49.7 Å². The van der Waals surface area contributed by atoms with Crippen molar-refractivity contribution in [3.63, 3.8) is 0 Å². The predicted molar refractivity (Wildman–Crippen MR) is 142 cm³/mol. The van der Waals surface area contributed by atoms with E-state index in [0.717, 1.165) is 51.4 Å². The Hall–Kier alpha value is -1.16. The summed E-state index contributed by atoms with van der Waals surface area (Å²) >= 11 is 0. The molecule has 1 rings (SSSR count). The van der Waals surface area contributed by atoms with Gasteiger partial charge in [0.05, 0.1) is 23.4 Å². The first kappa shape index (κ1) is 29.9. The minimum atomic E-state index is -0.864. The lowest BCUT2D eigenvalue weighted by molar-refractivity contribution is -0.160. The van der Waals surface area contributed by atoms with Crippen LogP contribution < -0.4 is 0 Å². The summed E-state index contributed by atoms with van der Waals surface area (Å²) in [5.74, 6) is 0. The predicted octanol–water partition coefficient (Wildman–Crippen LogP) is 7.98. The summed E-state index contributed by atoms with van der Waals surface area (Å²) in [5.41, 5.74) is 4.07. The van der Waals surface area contributed by atoms with Gasteiger partial charge in [0, 0.05) is 0 Å². The molecular weight excluding hydrogens is 408 g/mol. The molecule has 0 aliphatic carbocycles. The highest BCUT2D eigenvalue weighted by atomic mass is 16.5. The van der Waals surface area contributed by atoms with Crippen molar-refractivity contribution in [1.82, 2.24) is 0 Å². The van der Waals surface area contributed by atoms with Crippen molar-refractivity contribution in [2.45, 2.75) is 143 Å². The van der Waals surface area contributed by atoms with Crippen LogP contribution in [0.25, 0.3) is 0 Å². The van der Waals surface area contributed by atoms with Crippen molar-refractivity contribution in [3.05, 3.63) is 46.6 Å². The van der Waals surface area contributed by atoms with Crippen molar-refractivity contribution in [2.24, 2.45) is 0 Å². The second-order valence-electron chi connectivity index (χ2n) is 11.2. The fourth-order valence-corrected chi connectivity index (χ4v) is 4.49. The number of hydrogen-bond acceptors (Lipinski definition) is 3. The third-order valence-corrected chi connectivity index (χ3v) is 6.97. The van der Waals surface area contributed by atoms with Crippen LogP contribution in [0.15, 0.2) is 46.6 Å². The van der Waals surface area contributed by atoms with E-state index in [9.17, 15) is 10.2 Å². The molecule has 0 spiro atoms. The molecule has 0 aromatic rings. The Kier molecular flexibility index (Phi) is 12.9. The first-order valence-electron chi connectivity index (χ1n) is 13.0. The summed E-state index contributed by atoms with van der Waals surface area (Å²) in [6.07, 6.45) is 17.4. The average molecular weight is 461 g/mol. The van der Waals surface area contributed by atoms with Gasteiger partial charge < -0.3 is 14.9 Å². The van der Waals surface area contributed by atoms with Gasteiger partial charge in [-0.05, 0) is 120 Å². The van der Waals surface area contributed by atoms with E-state index in [4.69, 9.17) is 4.74 Å². The maximum Gasteiger partial charge on any atom is 0.0918 e. The van der Waals surface area contributed by atoms with E-state index in [1.807, 2.05) is 13.8 Å². The second kappa shape index (κ2) is 14.3. The van der Waals surface area contributed by atoms with E-state index >= 15 is 0 Å². The lowest BCUT2D eigenvalue weighted by Crippen LogP contribution is -2.44. The molecule has 1 saturated heterocycles. The van der Waals surface area contributed by atoms with E-state index in [2.05, 4.69) is 65.8 Å². The normalized spacial score (nSPS) is 24.4. The van der Waals surface area contributed by atoms with Crippen LogP contribution >= 0.6 is 0 Å². The Morgan fingerprint density at radius 1 is 0.909 bits per heavy atom. The summed E-state index contributed by atoms with van der Waals surface area (Å²) in [4.78, 5) is 0. The van der Waals surface area contributed by atoms with Crippen LogP contribution in [-0.4, -0.2) is 33.6 Å². The van der Waals surface area contributed by atoms with Crippen molar-refractivity contribution < 1.29 is 14.9 Å². The third-order valence-electron chi connectivity index (χ3n) is 6.97. The van der Waals surface area contributed by atoms with E-state index in [1.165, 1.54) is 22.3 Å². The zero-order valence-corrected chi connectivity index (χ0v) is 22.8. The van der Waals surface area contributed by atoms with Gasteiger partial charge >= 0.3 is 0 Å². The van der Waals surface area contributed by atoms with Gasteiger partial charge in [0.2, 0.25) is 0 Å². The van der Waals surface area contributed by atoms with E-state index in [-0.39, 0.29) is 6.10 Å². The summed E-state index contributed by atoms with van der Waals surface area (Å²) < 4.78 is 6.28. The minimum absolute atomic E-state index is 0.216. The molecule has 3 heteroatoms. The Labute approximate surface area is 204 Å². The molecule has 1 aliphatic rings. The first-order valence-corrected chi connectivity index (χ1v) is 13.0. The van der Waals surface area contributed by atoms with Crippen molar-refractivity contribution >= 4 is 0 Å². The van der Waals surface area contributed by atoms with Gasteiger partial charge in [-0.25, -0.2) is 0 Å². The van der Waals surface area contributed by atoms with Crippen LogP contribution in [0.1, 0.15) is 120 Å². The molecule has 3 nitrogen and oxygen atoms in total. The summed E-state index contributed by atoms with van der Waals surface area (Å²) in [6, 6.07) is 0. The Balaban J connectivity index is 2.43. The SMILES string of the molecule is CC(C)=CCC/C(C)=C/CC/C(C)=C/CC[C@H](O)[C@]1(C)CC[C@H]([C@](C)(O)CCC=C(C)C)O1. The molecule has 0 unspecified atom stereocenters. The van der Waals surface area contributed by atoms with Gasteiger partial charge in [-0.15, -0.1) is 0 Å². The van der Waals surface area contributed by atoms with Crippen molar-refractivity contribution in [1.29, 1.82) is 0 Å². The number of aliphatic hydroxyl groups excluding tert-OH is 1. The zero-order chi connectivity index (χ0) is 25.1. The van der Waals surface area contributed by atoms with Gasteiger partial charge in [-0.3, -0.25) is 0 Å². The molecule has 33 heavy (non-hydrogen) atoms. The quantitative estimate of drug-likeness (QED) is 0.258. The lowest BCUT2D eigenvalue weighted by Gasteiger charge is -2.35. The lowest BCUT2D eigenvalue weighted by atomic mass is 9.89. The Morgan fingerprint density at radius 2 is 1.42 bits per heavy atom. The number of rotatable bonds is 14.